The van der Waals surface area contributed by atoms with E-state index in [1.807, 2.05) is 13.1 Å². The summed E-state index contributed by atoms with van der Waals surface area (Å²) in [5.74, 6) is 0. The van der Waals surface area contributed by atoms with Crippen LogP contribution in [0.2, 0.25) is 0 Å². The number of hydrogen-bond acceptors (Lipinski definition) is 1. The minimum absolute atomic E-state index is 0.126. The number of benzene rings is 1. The van der Waals surface area contributed by atoms with Gasteiger partial charge in [0.2, 0.25) is 0 Å². The molecule has 0 heterocycles. The van der Waals surface area contributed by atoms with E-state index in [4.69, 9.17) is 0 Å². The Morgan fingerprint density at radius 1 is 1.37 bits per heavy atom. The summed E-state index contributed by atoms with van der Waals surface area (Å²) in [5.41, 5.74) is 5.69. The van der Waals surface area contributed by atoms with Gasteiger partial charge >= 0.3 is 0 Å². The SMILES string of the molecule is C=CC/C=C(\C=C1/Cc2ccccc2C1(C)C)NC. The molecule has 1 nitrogen and oxygen atoms in total. The van der Waals surface area contributed by atoms with Gasteiger partial charge in [-0.1, -0.05) is 55.8 Å². The Hall–Kier alpha value is -1.76. The molecule has 19 heavy (non-hydrogen) atoms. The Kier molecular flexibility index (Phi) is 3.94. The van der Waals surface area contributed by atoms with Crippen LogP contribution in [0.4, 0.5) is 0 Å². The second-order valence-corrected chi connectivity index (χ2v) is 5.56. The molecule has 2 rings (SSSR count). The molecule has 0 bridgehead atoms. The molecule has 0 amide bonds. The van der Waals surface area contributed by atoms with E-state index >= 15 is 0 Å². The van der Waals surface area contributed by atoms with Crippen molar-refractivity contribution in [2.45, 2.75) is 32.1 Å². The summed E-state index contributed by atoms with van der Waals surface area (Å²) in [6.45, 7) is 8.39. The molecule has 1 heteroatoms. The van der Waals surface area contributed by atoms with Gasteiger partial charge in [0.25, 0.3) is 0 Å². The van der Waals surface area contributed by atoms with Crippen molar-refractivity contribution in [3.8, 4) is 0 Å². The highest BCUT2D eigenvalue weighted by Crippen LogP contribution is 2.42. The van der Waals surface area contributed by atoms with Crippen molar-refractivity contribution in [2.75, 3.05) is 7.05 Å². The molecule has 0 atom stereocenters. The molecule has 0 radical (unpaired) electrons. The summed E-state index contributed by atoms with van der Waals surface area (Å²) >= 11 is 0. The van der Waals surface area contributed by atoms with Crippen LogP contribution in [0, 0.1) is 0 Å². The second-order valence-electron chi connectivity index (χ2n) is 5.56. The van der Waals surface area contributed by atoms with Crippen LogP contribution in [0.3, 0.4) is 0 Å². The van der Waals surface area contributed by atoms with Crippen LogP contribution in [0.5, 0.6) is 0 Å². The molecule has 0 aromatic heterocycles. The van der Waals surface area contributed by atoms with E-state index in [9.17, 15) is 0 Å². The third-order valence-electron chi connectivity index (χ3n) is 4.00. The van der Waals surface area contributed by atoms with E-state index < -0.39 is 0 Å². The van der Waals surface area contributed by atoms with E-state index in [1.54, 1.807) is 0 Å². The zero-order valence-corrected chi connectivity index (χ0v) is 12.2. The lowest BCUT2D eigenvalue weighted by molar-refractivity contribution is 0.642. The summed E-state index contributed by atoms with van der Waals surface area (Å²) in [6, 6.07) is 8.76. The fourth-order valence-electron chi connectivity index (χ4n) is 2.75. The molecule has 1 aromatic rings. The number of likely N-dealkylation sites (N-methyl/N-ethyl adjacent to an activating group) is 1. The topological polar surface area (TPSA) is 12.0 Å². The quantitative estimate of drug-likeness (QED) is 0.796. The van der Waals surface area contributed by atoms with Crippen molar-refractivity contribution in [2.24, 2.45) is 0 Å². The summed E-state index contributed by atoms with van der Waals surface area (Å²) in [4.78, 5) is 0. The van der Waals surface area contributed by atoms with Gasteiger partial charge in [-0.05, 0) is 30.0 Å². The molecular formula is C18H23N. The van der Waals surface area contributed by atoms with E-state index in [0.29, 0.717) is 0 Å². The first-order valence-corrected chi connectivity index (χ1v) is 6.88. The highest BCUT2D eigenvalue weighted by Gasteiger charge is 2.33. The van der Waals surface area contributed by atoms with Crippen LogP contribution in [-0.4, -0.2) is 7.05 Å². The van der Waals surface area contributed by atoms with Gasteiger partial charge in [0, 0.05) is 18.2 Å². The molecule has 0 aliphatic heterocycles. The van der Waals surface area contributed by atoms with Gasteiger partial charge in [-0.3, -0.25) is 0 Å². The Morgan fingerprint density at radius 2 is 2.11 bits per heavy atom. The van der Waals surface area contributed by atoms with Gasteiger partial charge in [0.05, 0.1) is 0 Å². The first kappa shape index (κ1) is 13.7. The zero-order chi connectivity index (χ0) is 13.9. The Balaban J connectivity index is 2.36. The average molecular weight is 253 g/mol. The van der Waals surface area contributed by atoms with Crippen LogP contribution >= 0.6 is 0 Å². The molecule has 0 unspecified atom stereocenters. The maximum atomic E-state index is 3.77. The van der Waals surface area contributed by atoms with Crippen molar-refractivity contribution in [3.05, 3.63) is 71.5 Å². The average Bonchev–Trinajstić information content (AvgIpc) is 2.66. The fourth-order valence-corrected chi connectivity index (χ4v) is 2.75. The smallest absolute Gasteiger partial charge is 0.0300 e. The fraction of sp³-hybridized carbons (Fsp3) is 0.333. The number of nitrogens with one attached hydrogen (secondary N) is 1. The van der Waals surface area contributed by atoms with Crippen LogP contribution < -0.4 is 5.32 Å². The van der Waals surface area contributed by atoms with Crippen LogP contribution in [0.1, 0.15) is 31.4 Å². The minimum atomic E-state index is 0.126. The molecule has 100 valence electrons. The van der Waals surface area contributed by atoms with Crippen molar-refractivity contribution < 1.29 is 0 Å². The third-order valence-corrected chi connectivity index (χ3v) is 4.00. The van der Waals surface area contributed by atoms with E-state index in [-0.39, 0.29) is 5.41 Å². The second kappa shape index (κ2) is 5.48. The largest absolute Gasteiger partial charge is 0.388 e. The molecule has 1 aliphatic rings. The Labute approximate surface area is 116 Å². The number of rotatable bonds is 4. The predicted molar refractivity (Wildman–Crippen MR) is 83.2 cm³/mol. The predicted octanol–water partition coefficient (Wildman–Crippen LogP) is 4.13. The normalized spacial score (nSPS) is 19.3. The first-order valence-electron chi connectivity index (χ1n) is 6.88. The Bertz CT molecular complexity index is 532. The third kappa shape index (κ3) is 2.65. The maximum Gasteiger partial charge on any atom is 0.0300 e. The minimum Gasteiger partial charge on any atom is -0.388 e. The van der Waals surface area contributed by atoms with Gasteiger partial charge in [-0.2, -0.15) is 0 Å². The van der Waals surface area contributed by atoms with Crippen LogP contribution in [-0.2, 0) is 11.8 Å². The molecule has 0 saturated heterocycles. The molecular weight excluding hydrogens is 230 g/mol. The van der Waals surface area contributed by atoms with Crippen molar-refractivity contribution in [1.82, 2.24) is 5.32 Å². The summed E-state index contributed by atoms with van der Waals surface area (Å²) < 4.78 is 0. The van der Waals surface area contributed by atoms with Crippen molar-refractivity contribution >= 4 is 0 Å². The lowest BCUT2D eigenvalue weighted by Crippen LogP contribution is -2.16. The number of hydrogen-bond donors (Lipinski definition) is 1. The van der Waals surface area contributed by atoms with Gasteiger partial charge in [0.1, 0.15) is 0 Å². The molecule has 0 spiro atoms. The van der Waals surface area contributed by atoms with Crippen molar-refractivity contribution in [1.29, 1.82) is 0 Å². The lowest BCUT2D eigenvalue weighted by atomic mass is 9.82. The summed E-state index contributed by atoms with van der Waals surface area (Å²) in [5, 5.41) is 3.27. The van der Waals surface area contributed by atoms with Crippen molar-refractivity contribution in [3.63, 3.8) is 0 Å². The zero-order valence-electron chi connectivity index (χ0n) is 12.2. The van der Waals surface area contributed by atoms with E-state index in [0.717, 1.165) is 12.8 Å². The molecule has 0 saturated carbocycles. The highest BCUT2D eigenvalue weighted by molar-refractivity contribution is 5.51. The summed E-state index contributed by atoms with van der Waals surface area (Å²) in [6.07, 6.45) is 8.34. The number of fused-ring (bicyclic) bond motifs is 1. The number of allylic oxidation sites excluding steroid dienone is 4. The van der Waals surface area contributed by atoms with E-state index in [1.165, 1.54) is 22.4 Å². The first-order chi connectivity index (χ1) is 9.09. The summed E-state index contributed by atoms with van der Waals surface area (Å²) in [7, 11) is 1.97. The van der Waals surface area contributed by atoms with Crippen LogP contribution in [0.25, 0.3) is 0 Å². The highest BCUT2D eigenvalue weighted by atomic mass is 14.8. The molecule has 1 aromatic carbocycles. The van der Waals surface area contributed by atoms with Gasteiger partial charge in [-0.25, -0.2) is 0 Å². The molecule has 0 fully saturated rings. The van der Waals surface area contributed by atoms with Gasteiger partial charge in [-0.15, -0.1) is 6.58 Å². The monoisotopic (exact) mass is 253 g/mol. The molecule has 1 N–H and O–H groups in total. The van der Waals surface area contributed by atoms with E-state index in [2.05, 4.69) is 62.2 Å². The maximum absolute atomic E-state index is 3.77. The standard InChI is InChI=1S/C18H23N/c1-5-6-10-16(19-4)13-15-12-14-9-7-8-11-17(14)18(15,2)3/h5,7-11,13,19H,1,6,12H2,2-4H3/b15-13+,16-10+. The van der Waals surface area contributed by atoms with Gasteiger partial charge < -0.3 is 5.32 Å². The van der Waals surface area contributed by atoms with Crippen LogP contribution in [0.15, 0.2) is 60.3 Å². The Morgan fingerprint density at radius 3 is 2.74 bits per heavy atom. The molecule has 1 aliphatic carbocycles. The van der Waals surface area contributed by atoms with Gasteiger partial charge in [0.15, 0.2) is 0 Å². The lowest BCUT2D eigenvalue weighted by Gasteiger charge is -2.22.